The number of aldehydes is 1. The number of aliphatic carboxylic acids is 1. The Morgan fingerprint density at radius 3 is 2.48 bits per heavy atom. The highest BCUT2D eigenvalue weighted by atomic mass is 19.4. The van der Waals surface area contributed by atoms with Crippen LogP contribution in [0.3, 0.4) is 0 Å². The molecule has 0 amide bonds. The maximum atomic E-state index is 14.3. The summed E-state index contributed by atoms with van der Waals surface area (Å²) in [7, 11) is 0. The third-order valence-electron chi connectivity index (χ3n) is 4.62. The first-order valence-corrected chi connectivity index (χ1v) is 9.10. The third-order valence-corrected chi connectivity index (χ3v) is 4.62. The van der Waals surface area contributed by atoms with Gasteiger partial charge in [0.1, 0.15) is 17.3 Å². The number of benzene rings is 2. The SMILES string of the molecule is CC[C@@H](Oc1cc(F)cc(-n2c(C)c(C=O)c3ccc(OC(F)(F)F)cc32)c1)C(=O)O. The van der Waals surface area contributed by atoms with E-state index in [1.807, 2.05) is 0 Å². The molecule has 1 aromatic heterocycles. The Balaban J connectivity index is 2.19. The Hall–Kier alpha value is -3.56. The zero-order valence-corrected chi connectivity index (χ0v) is 16.4. The van der Waals surface area contributed by atoms with Crippen molar-refractivity contribution in [3.63, 3.8) is 0 Å². The van der Waals surface area contributed by atoms with Crippen molar-refractivity contribution in [2.75, 3.05) is 0 Å². The van der Waals surface area contributed by atoms with Crippen LogP contribution in [0.2, 0.25) is 0 Å². The Labute approximate surface area is 173 Å². The molecule has 0 bridgehead atoms. The first kappa shape index (κ1) is 22.1. The number of hydrogen-bond donors (Lipinski definition) is 1. The summed E-state index contributed by atoms with van der Waals surface area (Å²) in [5.74, 6) is -2.58. The van der Waals surface area contributed by atoms with Crippen LogP contribution in [0.4, 0.5) is 17.6 Å². The molecule has 0 spiro atoms. The van der Waals surface area contributed by atoms with Crippen LogP contribution >= 0.6 is 0 Å². The molecule has 0 unspecified atom stereocenters. The van der Waals surface area contributed by atoms with Gasteiger partial charge in [0.15, 0.2) is 12.4 Å². The van der Waals surface area contributed by atoms with Crippen molar-refractivity contribution >= 4 is 23.2 Å². The predicted octanol–water partition coefficient (Wildman–Crippen LogP) is 5.03. The number of carbonyl (C=O) groups excluding carboxylic acids is 1. The molecule has 2 aromatic carbocycles. The summed E-state index contributed by atoms with van der Waals surface area (Å²) in [6.45, 7) is 3.13. The molecular formula is C21H17F4NO5. The molecule has 0 fully saturated rings. The van der Waals surface area contributed by atoms with Crippen molar-refractivity contribution in [1.29, 1.82) is 0 Å². The van der Waals surface area contributed by atoms with Crippen LogP contribution < -0.4 is 9.47 Å². The van der Waals surface area contributed by atoms with E-state index < -0.39 is 30.0 Å². The van der Waals surface area contributed by atoms with Crippen LogP contribution in [0.15, 0.2) is 36.4 Å². The summed E-state index contributed by atoms with van der Waals surface area (Å²) in [5.41, 5.74) is 0.853. The van der Waals surface area contributed by atoms with Gasteiger partial charge in [-0.25, -0.2) is 9.18 Å². The Kier molecular flexibility index (Phi) is 5.92. The van der Waals surface area contributed by atoms with Crippen LogP contribution in [0.25, 0.3) is 16.6 Å². The standard InChI is InChI=1S/C21H17F4NO5/c1-3-19(20(28)29)30-15-7-12(22)6-13(8-15)26-11(2)17(10-27)16-5-4-14(9-18(16)26)31-21(23,24)25/h4-10,19H,3H2,1-2H3,(H,28,29)/t19-/m1/s1. The zero-order valence-electron chi connectivity index (χ0n) is 16.4. The summed E-state index contributed by atoms with van der Waals surface area (Å²) in [4.78, 5) is 22.8. The number of carboxylic acid groups (broad SMARTS) is 1. The second-order valence-electron chi connectivity index (χ2n) is 6.68. The zero-order chi connectivity index (χ0) is 22.9. The second kappa shape index (κ2) is 8.29. The molecule has 3 aromatic rings. The minimum atomic E-state index is -4.92. The van der Waals surface area contributed by atoms with E-state index in [4.69, 9.17) is 9.84 Å². The molecule has 0 saturated carbocycles. The van der Waals surface area contributed by atoms with Gasteiger partial charge in [-0.3, -0.25) is 4.79 Å². The maximum absolute atomic E-state index is 14.3. The van der Waals surface area contributed by atoms with E-state index in [-0.39, 0.29) is 28.9 Å². The number of aromatic nitrogens is 1. The quantitative estimate of drug-likeness (QED) is 0.413. The molecule has 31 heavy (non-hydrogen) atoms. The highest BCUT2D eigenvalue weighted by Crippen LogP contribution is 2.34. The van der Waals surface area contributed by atoms with Crippen LogP contribution in [0.5, 0.6) is 11.5 Å². The molecule has 0 saturated heterocycles. The summed E-state index contributed by atoms with van der Waals surface area (Å²) in [6.07, 6.45) is -5.46. The molecular weight excluding hydrogens is 422 g/mol. The Morgan fingerprint density at radius 1 is 1.19 bits per heavy atom. The van der Waals surface area contributed by atoms with E-state index in [9.17, 15) is 27.2 Å². The van der Waals surface area contributed by atoms with Crippen molar-refractivity contribution < 1.29 is 41.7 Å². The number of carbonyl (C=O) groups is 2. The van der Waals surface area contributed by atoms with Gasteiger partial charge < -0.3 is 19.1 Å². The number of rotatable bonds is 7. The van der Waals surface area contributed by atoms with Gasteiger partial charge >= 0.3 is 12.3 Å². The number of nitrogens with zero attached hydrogens (tertiary/aromatic N) is 1. The molecule has 0 aliphatic heterocycles. The average molecular weight is 439 g/mol. The van der Waals surface area contributed by atoms with Crippen LogP contribution in [0, 0.1) is 12.7 Å². The van der Waals surface area contributed by atoms with Gasteiger partial charge in [0.2, 0.25) is 0 Å². The fourth-order valence-electron chi connectivity index (χ4n) is 3.32. The Morgan fingerprint density at radius 2 is 1.90 bits per heavy atom. The number of halogens is 4. The Bertz CT molecular complexity index is 1150. The number of alkyl halides is 3. The van der Waals surface area contributed by atoms with E-state index in [1.165, 1.54) is 16.7 Å². The number of ether oxygens (including phenoxy) is 2. The van der Waals surface area contributed by atoms with E-state index in [0.717, 1.165) is 24.3 Å². The highest BCUT2D eigenvalue weighted by Gasteiger charge is 2.31. The van der Waals surface area contributed by atoms with Crippen LogP contribution in [0.1, 0.15) is 29.4 Å². The molecule has 1 N–H and O–H groups in total. The highest BCUT2D eigenvalue weighted by molar-refractivity contribution is 6.00. The minimum Gasteiger partial charge on any atom is -0.479 e. The fraction of sp³-hybridized carbons (Fsp3) is 0.238. The molecule has 0 aliphatic carbocycles. The maximum Gasteiger partial charge on any atom is 0.573 e. The summed E-state index contributed by atoms with van der Waals surface area (Å²) in [5, 5.41) is 9.50. The van der Waals surface area contributed by atoms with Gasteiger partial charge in [-0.2, -0.15) is 0 Å². The van der Waals surface area contributed by atoms with Gasteiger partial charge in [0, 0.05) is 34.8 Å². The second-order valence-corrected chi connectivity index (χ2v) is 6.68. The van der Waals surface area contributed by atoms with Crippen LogP contribution in [-0.4, -0.2) is 34.4 Å². The molecule has 0 radical (unpaired) electrons. The lowest BCUT2D eigenvalue weighted by atomic mass is 10.1. The van der Waals surface area contributed by atoms with Crippen molar-refractivity contribution in [1.82, 2.24) is 4.57 Å². The van der Waals surface area contributed by atoms with Crippen molar-refractivity contribution in [3.8, 4) is 17.2 Å². The topological polar surface area (TPSA) is 77.8 Å². The molecule has 1 heterocycles. The molecule has 3 rings (SSSR count). The van der Waals surface area contributed by atoms with E-state index in [1.54, 1.807) is 13.8 Å². The van der Waals surface area contributed by atoms with Crippen molar-refractivity contribution in [2.24, 2.45) is 0 Å². The average Bonchev–Trinajstić information content (AvgIpc) is 2.94. The summed E-state index contributed by atoms with van der Waals surface area (Å²) in [6, 6.07) is 6.89. The fourth-order valence-corrected chi connectivity index (χ4v) is 3.32. The lowest BCUT2D eigenvalue weighted by molar-refractivity contribution is -0.274. The van der Waals surface area contributed by atoms with Gasteiger partial charge in [-0.05, 0) is 31.5 Å². The lowest BCUT2D eigenvalue weighted by Gasteiger charge is -2.16. The predicted molar refractivity (Wildman–Crippen MR) is 102 cm³/mol. The van der Waals surface area contributed by atoms with Crippen molar-refractivity contribution in [3.05, 3.63) is 53.5 Å². The normalized spacial score (nSPS) is 12.6. The van der Waals surface area contributed by atoms with Crippen LogP contribution in [-0.2, 0) is 4.79 Å². The molecule has 164 valence electrons. The molecule has 1 atom stereocenters. The molecule has 10 heteroatoms. The van der Waals surface area contributed by atoms with Gasteiger partial charge in [0.05, 0.1) is 11.2 Å². The van der Waals surface area contributed by atoms with E-state index >= 15 is 0 Å². The smallest absolute Gasteiger partial charge is 0.479 e. The summed E-state index contributed by atoms with van der Waals surface area (Å²) < 4.78 is 62.9. The third kappa shape index (κ3) is 4.62. The van der Waals surface area contributed by atoms with Gasteiger partial charge in [-0.1, -0.05) is 6.92 Å². The van der Waals surface area contributed by atoms with E-state index in [0.29, 0.717) is 17.4 Å². The number of fused-ring (bicyclic) bond motifs is 1. The van der Waals surface area contributed by atoms with Gasteiger partial charge in [0.25, 0.3) is 0 Å². The minimum absolute atomic E-state index is 0.0825. The number of hydrogen-bond acceptors (Lipinski definition) is 4. The molecule has 0 aliphatic rings. The monoisotopic (exact) mass is 439 g/mol. The van der Waals surface area contributed by atoms with Gasteiger partial charge in [-0.15, -0.1) is 13.2 Å². The first-order chi connectivity index (χ1) is 14.5. The first-order valence-electron chi connectivity index (χ1n) is 9.10. The number of carboxylic acids is 1. The lowest BCUT2D eigenvalue weighted by Crippen LogP contribution is -2.26. The summed E-state index contributed by atoms with van der Waals surface area (Å²) >= 11 is 0. The largest absolute Gasteiger partial charge is 0.573 e. The van der Waals surface area contributed by atoms with Crippen molar-refractivity contribution in [2.45, 2.75) is 32.7 Å². The van der Waals surface area contributed by atoms with E-state index in [2.05, 4.69) is 4.74 Å². The molecule has 6 nitrogen and oxygen atoms in total.